The minimum absolute atomic E-state index is 0. The van der Waals surface area contributed by atoms with Crippen LogP contribution in [0.3, 0.4) is 0 Å². The topological polar surface area (TPSA) is 46.1 Å². The Morgan fingerprint density at radius 3 is 1.17 bits per heavy atom. The van der Waals surface area contributed by atoms with Crippen LogP contribution in [0.2, 0.25) is 6.82 Å². The van der Waals surface area contributed by atoms with Crippen molar-refractivity contribution in [1.82, 2.24) is 0 Å². The SMILES string of the molecule is CB([O-])[O-].[Li+].[Li+]. The molecule has 24 valence electrons. The first kappa shape index (κ1) is 15.7. The van der Waals surface area contributed by atoms with E-state index in [0.29, 0.717) is 0 Å². The molecule has 0 spiro atoms. The molecule has 0 heterocycles. The summed E-state index contributed by atoms with van der Waals surface area (Å²) in [5.74, 6) is 0. The summed E-state index contributed by atoms with van der Waals surface area (Å²) in [6, 6.07) is 0. The van der Waals surface area contributed by atoms with E-state index in [4.69, 9.17) is 10.0 Å². The summed E-state index contributed by atoms with van der Waals surface area (Å²) < 4.78 is 0. The van der Waals surface area contributed by atoms with Gasteiger partial charge < -0.3 is 10.0 Å². The molecule has 0 rings (SSSR count). The molecular formula is CH3BLi2O2. The van der Waals surface area contributed by atoms with Crippen LogP contribution in [0.15, 0.2) is 0 Å². The van der Waals surface area contributed by atoms with Crippen molar-refractivity contribution in [3.63, 3.8) is 0 Å². The Bertz CT molecular complexity index is 16.3. The fourth-order valence-corrected chi connectivity index (χ4v) is 0. The summed E-state index contributed by atoms with van der Waals surface area (Å²) >= 11 is 0. The second kappa shape index (κ2) is 9.49. The zero-order chi connectivity index (χ0) is 3.58. The maximum absolute atomic E-state index is 8.97. The molecule has 0 saturated carbocycles. The van der Waals surface area contributed by atoms with E-state index in [2.05, 4.69) is 0 Å². The first-order chi connectivity index (χ1) is 1.73. The Balaban J connectivity index is -0.0000000450. The predicted molar refractivity (Wildman–Crippen MR) is 11.6 cm³/mol. The molecule has 0 atom stereocenters. The fourth-order valence-electron chi connectivity index (χ4n) is 0. The van der Waals surface area contributed by atoms with Crippen molar-refractivity contribution in [3.8, 4) is 0 Å². The van der Waals surface area contributed by atoms with Crippen molar-refractivity contribution in [2.45, 2.75) is 6.82 Å². The van der Waals surface area contributed by atoms with Gasteiger partial charge in [-0.15, -0.1) is 13.9 Å². The molecule has 0 aromatic heterocycles. The van der Waals surface area contributed by atoms with E-state index in [1.54, 1.807) is 0 Å². The molecule has 0 aliphatic carbocycles. The van der Waals surface area contributed by atoms with Crippen LogP contribution in [-0.4, -0.2) is 7.12 Å². The van der Waals surface area contributed by atoms with Crippen LogP contribution in [0.1, 0.15) is 0 Å². The smallest absolute Gasteiger partial charge is 0.893 e. The van der Waals surface area contributed by atoms with Gasteiger partial charge in [-0.25, -0.2) is 0 Å². The maximum atomic E-state index is 8.97. The van der Waals surface area contributed by atoms with Crippen LogP contribution in [0, 0.1) is 0 Å². The fraction of sp³-hybridized carbons (Fsp3) is 1.00. The third kappa shape index (κ3) is 65.0. The van der Waals surface area contributed by atoms with Gasteiger partial charge in [-0.3, -0.25) is 0 Å². The zero-order valence-electron chi connectivity index (χ0n) is 4.39. The molecule has 0 saturated heterocycles. The van der Waals surface area contributed by atoms with E-state index in [0.717, 1.165) is 6.82 Å². The van der Waals surface area contributed by atoms with Crippen molar-refractivity contribution >= 4 is 7.12 Å². The molecule has 0 aromatic rings. The van der Waals surface area contributed by atoms with Crippen molar-refractivity contribution in [2.75, 3.05) is 0 Å². The van der Waals surface area contributed by atoms with Gasteiger partial charge in [0.2, 0.25) is 0 Å². The Morgan fingerprint density at radius 2 is 1.17 bits per heavy atom. The Morgan fingerprint density at radius 1 is 1.17 bits per heavy atom. The van der Waals surface area contributed by atoms with Crippen LogP contribution < -0.4 is 47.8 Å². The van der Waals surface area contributed by atoms with E-state index in [9.17, 15) is 0 Å². The standard InChI is InChI=1S/CH3BO2.2Li/c1-2(3)4;;/h1H3;;/q-2;2*+1. The van der Waals surface area contributed by atoms with Crippen molar-refractivity contribution in [2.24, 2.45) is 0 Å². The first-order valence-corrected chi connectivity index (χ1v) is 1.05. The first-order valence-electron chi connectivity index (χ1n) is 1.05. The van der Waals surface area contributed by atoms with E-state index in [-0.39, 0.29) is 37.7 Å². The monoisotopic (exact) mass is 72.1 g/mol. The molecule has 0 aromatic carbocycles. The largest absolute Gasteiger partial charge is 1.00 e. The maximum Gasteiger partial charge on any atom is 1.00 e. The van der Waals surface area contributed by atoms with Gasteiger partial charge in [0, 0.05) is 0 Å². The molecule has 0 fully saturated rings. The van der Waals surface area contributed by atoms with E-state index >= 15 is 0 Å². The summed E-state index contributed by atoms with van der Waals surface area (Å²) in [7, 11) is -1.67. The molecule has 0 N–H and O–H groups in total. The summed E-state index contributed by atoms with van der Waals surface area (Å²) in [5.41, 5.74) is 0. The van der Waals surface area contributed by atoms with E-state index in [1.807, 2.05) is 0 Å². The summed E-state index contributed by atoms with van der Waals surface area (Å²) in [4.78, 5) is 0. The molecule has 0 unspecified atom stereocenters. The van der Waals surface area contributed by atoms with Gasteiger partial charge in [-0.05, 0) is 0 Å². The molecule has 0 amide bonds. The van der Waals surface area contributed by atoms with Gasteiger partial charge in [-0.1, -0.05) is 0 Å². The third-order valence-corrected chi connectivity index (χ3v) is 0. The molecule has 0 radical (unpaired) electrons. The molecule has 0 bridgehead atoms. The second-order valence-electron chi connectivity index (χ2n) is 0.568. The average molecular weight is 71.7 g/mol. The van der Waals surface area contributed by atoms with Gasteiger partial charge in [0.15, 0.2) is 0 Å². The minimum Gasteiger partial charge on any atom is -0.893 e. The van der Waals surface area contributed by atoms with E-state index < -0.39 is 7.12 Å². The molecule has 6 heavy (non-hydrogen) atoms. The quantitative estimate of drug-likeness (QED) is 0.267. The Hall–Kier alpha value is 1.18. The summed E-state index contributed by atoms with van der Waals surface area (Å²) in [5, 5.41) is 17.9. The number of hydrogen-bond acceptors (Lipinski definition) is 2. The Kier molecular flexibility index (Phi) is 24.8. The Labute approximate surface area is 61.8 Å². The molecule has 2 nitrogen and oxygen atoms in total. The van der Waals surface area contributed by atoms with Crippen LogP contribution in [0.25, 0.3) is 0 Å². The summed E-state index contributed by atoms with van der Waals surface area (Å²) in [6.45, 7) is 1.06. The van der Waals surface area contributed by atoms with Crippen LogP contribution in [-0.2, 0) is 0 Å². The summed E-state index contributed by atoms with van der Waals surface area (Å²) in [6.07, 6.45) is 0. The van der Waals surface area contributed by atoms with Gasteiger partial charge in [-0.2, -0.15) is 0 Å². The third-order valence-electron chi connectivity index (χ3n) is 0. The van der Waals surface area contributed by atoms with Gasteiger partial charge in [0.25, 0.3) is 0 Å². The number of hydrogen-bond donors (Lipinski definition) is 0. The van der Waals surface area contributed by atoms with Gasteiger partial charge in [0.05, 0.1) is 0 Å². The molecular weight excluding hydrogens is 68.7 g/mol. The average Bonchev–Trinajstić information content (AvgIpc) is 0.811. The van der Waals surface area contributed by atoms with Crippen molar-refractivity contribution in [1.29, 1.82) is 0 Å². The molecule has 5 heteroatoms. The molecule has 0 aliphatic heterocycles. The van der Waals surface area contributed by atoms with Crippen molar-refractivity contribution in [3.05, 3.63) is 0 Å². The van der Waals surface area contributed by atoms with Crippen LogP contribution in [0.4, 0.5) is 0 Å². The predicted octanol–water partition coefficient (Wildman–Crippen LogP) is -8.17. The van der Waals surface area contributed by atoms with Crippen LogP contribution in [0.5, 0.6) is 0 Å². The molecule has 0 aliphatic rings. The number of rotatable bonds is 0. The second-order valence-corrected chi connectivity index (χ2v) is 0.568. The van der Waals surface area contributed by atoms with Gasteiger partial charge in [0.1, 0.15) is 0 Å². The minimum atomic E-state index is -1.67. The van der Waals surface area contributed by atoms with Crippen molar-refractivity contribution < 1.29 is 47.8 Å². The van der Waals surface area contributed by atoms with E-state index in [1.165, 1.54) is 0 Å². The normalized spacial score (nSPS) is 4.50. The van der Waals surface area contributed by atoms with Gasteiger partial charge >= 0.3 is 37.7 Å². The van der Waals surface area contributed by atoms with Crippen LogP contribution >= 0.6 is 0 Å². The zero-order valence-corrected chi connectivity index (χ0v) is 4.39.